The Labute approximate surface area is 202 Å². The van der Waals surface area contributed by atoms with E-state index in [0.717, 1.165) is 12.8 Å². The molecule has 0 aromatic rings. The molecule has 3 saturated heterocycles. The standard InChI is InChI=1S/C26H40N2O6/c1-7-11-17(5)27(14-8-2)23(31)21-26-13-12-25(6,34-26)20(24(32)33-15-9-3)19(26)22(30)28(21)18(10-4)16-29/h8-9,17-21,29H,2-3,7,10-16H2,1,4-6H3/t17?,18-,19-,20+,21?,25-,26?/m0/s1. The van der Waals surface area contributed by atoms with Crippen LogP contribution in [0.2, 0.25) is 0 Å². The molecule has 0 aliphatic carbocycles. The highest BCUT2D eigenvalue weighted by molar-refractivity contribution is 5.98. The summed E-state index contributed by atoms with van der Waals surface area (Å²) in [6, 6.07) is -1.52. The van der Waals surface area contributed by atoms with Gasteiger partial charge in [0.2, 0.25) is 11.8 Å². The van der Waals surface area contributed by atoms with E-state index in [9.17, 15) is 19.5 Å². The van der Waals surface area contributed by atoms with Gasteiger partial charge in [0.1, 0.15) is 24.2 Å². The molecule has 7 atom stereocenters. The number of rotatable bonds is 12. The van der Waals surface area contributed by atoms with E-state index in [1.54, 1.807) is 11.0 Å². The summed E-state index contributed by atoms with van der Waals surface area (Å²) in [4.78, 5) is 44.6. The Morgan fingerprint density at radius 2 is 2.03 bits per heavy atom. The van der Waals surface area contributed by atoms with Gasteiger partial charge >= 0.3 is 5.97 Å². The zero-order chi connectivity index (χ0) is 25.3. The quantitative estimate of drug-likeness (QED) is 0.343. The normalized spacial score (nSPS) is 33.4. The molecule has 0 saturated carbocycles. The summed E-state index contributed by atoms with van der Waals surface area (Å²) in [7, 11) is 0. The van der Waals surface area contributed by atoms with Gasteiger partial charge in [0, 0.05) is 12.6 Å². The highest BCUT2D eigenvalue weighted by atomic mass is 16.6. The maximum atomic E-state index is 14.2. The first-order chi connectivity index (χ1) is 16.2. The molecule has 1 spiro atoms. The van der Waals surface area contributed by atoms with Gasteiger partial charge in [-0.1, -0.05) is 39.0 Å². The molecule has 3 aliphatic heterocycles. The number of esters is 1. The number of ether oxygens (including phenoxy) is 2. The minimum atomic E-state index is -1.13. The lowest BCUT2D eigenvalue weighted by Crippen LogP contribution is -2.60. The van der Waals surface area contributed by atoms with E-state index in [4.69, 9.17) is 9.47 Å². The van der Waals surface area contributed by atoms with Gasteiger partial charge in [0.05, 0.1) is 24.2 Å². The number of fused-ring (bicyclic) bond motifs is 1. The second-order valence-corrected chi connectivity index (χ2v) is 10.1. The molecule has 0 aromatic heterocycles. The third-order valence-electron chi connectivity index (χ3n) is 7.97. The first-order valence-electron chi connectivity index (χ1n) is 12.5. The molecule has 3 fully saturated rings. The van der Waals surface area contributed by atoms with E-state index >= 15 is 0 Å². The van der Waals surface area contributed by atoms with Crippen molar-refractivity contribution in [1.82, 2.24) is 9.80 Å². The van der Waals surface area contributed by atoms with Crippen LogP contribution in [0.5, 0.6) is 0 Å². The molecule has 190 valence electrons. The fraction of sp³-hybridized carbons (Fsp3) is 0.731. The second kappa shape index (κ2) is 10.2. The monoisotopic (exact) mass is 476 g/mol. The van der Waals surface area contributed by atoms with Crippen LogP contribution in [0.25, 0.3) is 0 Å². The fourth-order valence-electron chi connectivity index (χ4n) is 6.40. The number of likely N-dealkylation sites (tertiary alicyclic amines) is 1. The Morgan fingerprint density at radius 3 is 2.59 bits per heavy atom. The van der Waals surface area contributed by atoms with E-state index in [1.807, 2.05) is 20.8 Å². The topological polar surface area (TPSA) is 96.4 Å². The number of amides is 2. The van der Waals surface area contributed by atoms with Crippen molar-refractivity contribution in [2.24, 2.45) is 11.8 Å². The van der Waals surface area contributed by atoms with Gasteiger partial charge in [-0.05, 0) is 39.5 Å². The lowest BCUT2D eigenvalue weighted by atomic mass is 9.66. The summed E-state index contributed by atoms with van der Waals surface area (Å²) in [5.41, 5.74) is -2.02. The molecule has 0 radical (unpaired) electrons. The van der Waals surface area contributed by atoms with Gasteiger partial charge in [-0.2, -0.15) is 0 Å². The Hall–Kier alpha value is -2.19. The lowest BCUT2D eigenvalue weighted by Gasteiger charge is -2.41. The van der Waals surface area contributed by atoms with Crippen LogP contribution in [0.15, 0.2) is 25.3 Å². The molecule has 1 N–H and O–H groups in total. The minimum Gasteiger partial charge on any atom is -0.461 e. The average molecular weight is 477 g/mol. The first kappa shape index (κ1) is 26.4. The molecule has 2 amide bonds. The Kier molecular flexibility index (Phi) is 7.92. The van der Waals surface area contributed by atoms with Crippen molar-refractivity contribution < 1.29 is 29.0 Å². The minimum absolute atomic E-state index is 0.0429. The molecular weight excluding hydrogens is 436 g/mol. The maximum Gasteiger partial charge on any atom is 0.313 e. The molecule has 2 bridgehead atoms. The van der Waals surface area contributed by atoms with Crippen molar-refractivity contribution in [3.8, 4) is 0 Å². The Morgan fingerprint density at radius 1 is 1.32 bits per heavy atom. The summed E-state index contributed by atoms with van der Waals surface area (Å²) in [5.74, 6) is -2.68. The van der Waals surface area contributed by atoms with E-state index in [0.29, 0.717) is 25.8 Å². The van der Waals surface area contributed by atoms with Crippen molar-refractivity contribution in [2.45, 2.75) is 89.1 Å². The van der Waals surface area contributed by atoms with E-state index in [2.05, 4.69) is 20.1 Å². The smallest absolute Gasteiger partial charge is 0.313 e. The average Bonchev–Trinajstić information content (AvgIpc) is 3.37. The molecule has 3 heterocycles. The predicted molar refractivity (Wildman–Crippen MR) is 128 cm³/mol. The Bertz CT molecular complexity index is 826. The number of carbonyl (C=O) groups excluding carboxylic acids is 3. The van der Waals surface area contributed by atoms with Gasteiger partial charge in [0.15, 0.2) is 0 Å². The summed E-state index contributed by atoms with van der Waals surface area (Å²) in [6.45, 7) is 15.3. The maximum absolute atomic E-state index is 14.2. The van der Waals surface area contributed by atoms with Gasteiger partial charge in [-0.15, -0.1) is 6.58 Å². The number of aliphatic hydroxyl groups excluding tert-OH is 1. The van der Waals surface area contributed by atoms with Crippen LogP contribution in [0.3, 0.4) is 0 Å². The zero-order valence-electron chi connectivity index (χ0n) is 21.0. The van der Waals surface area contributed by atoms with E-state index in [1.165, 1.54) is 11.0 Å². The first-order valence-corrected chi connectivity index (χ1v) is 12.5. The van der Waals surface area contributed by atoms with Crippen LogP contribution in [0, 0.1) is 11.8 Å². The summed E-state index contributed by atoms with van der Waals surface area (Å²) < 4.78 is 12.0. The summed E-state index contributed by atoms with van der Waals surface area (Å²) in [6.07, 6.45) is 6.40. The van der Waals surface area contributed by atoms with E-state index < -0.39 is 41.1 Å². The second-order valence-electron chi connectivity index (χ2n) is 10.1. The van der Waals surface area contributed by atoms with E-state index in [-0.39, 0.29) is 31.1 Å². The van der Waals surface area contributed by atoms with Gasteiger partial charge < -0.3 is 24.4 Å². The number of hydrogen-bond acceptors (Lipinski definition) is 6. The van der Waals surface area contributed by atoms with Crippen LogP contribution in [0.4, 0.5) is 0 Å². The third-order valence-corrected chi connectivity index (χ3v) is 7.97. The van der Waals surface area contributed by atoms with Crippen molar-refractivity contribution in [3.63, 3.8) is 0 Å². The molecule has 3 unspecified atom stereocenters. The van der Waals surface area contributed by atoms with Crippen molar-refractivity contribution in [2.75, 3.05) is 19.8 Å². The van der Waals surface area contributed by atoms with Crippen molar-refractivity contribution in [1.29, 1.82) is 0 Å². The third kappa shape index (κ3) is 3.98. The Balaban J connectivity index is 2.11. The fourth-order valence-corrected chi connectivity index (χ4v) is 6.40. The van der Waals surface area contributed by atoms with Crippen LogP contribution in [-0.4, -0.2) is 81.8 Å². The number of nitrogens with zero attached hydrogens (tertiary/aromatic N) is 2. The molecule has 0 aromatic carbocycles. The summed E-state index contributed by atoms with van der Waals surface area (Å²) in [5, 5.41) is 10.1. The number of carbonyl (C=O) groups is 3. The molecule has 8 heteroatoms. The van der Waals surface area contributed by atoms with Crippen LogP contribution >= 0.6 is 0 Å². The SMILES string of the molecule is C=CCOC(=O)[C@H]1[C@H]2C(=O)N([C@@H](CC)CO)C(C(=O)N(CC=C)C(C)CCC)C23CC[C@]1(C)O3. The van der Waals surface area contributed by atoms with Gasteiger partial charge in [-0.3, -0.25) is 14.4 Å². The van der Waals surface area contributed by atoms with Crippen LogP contribution in [-0.2, 0) is 23.9 Å². The lowest BCUT2D eigenvalue weighted by molar-refractivity contribution is -0.161. The van der Waals surface area contributed by atoms with Gasteiger partial charge in [0.25, 0.3) is 0 Å². The molecule has 34 heavy (non-hydrogen) atoms. The van der Waals surface area contributed by atoms with Crippen molar-refractivity contribution >= 4 is 17.8 Å². The predicted octanol–water partition coefficient (Wildman–Crippen LogP) is 2.45. The highest BCUT2D eigenvalue weighted by Gasteiger charge is 2.79. The molecule has 3 aliphatic rings. The van der Waals surface area contributed by atoms with Crippen LogP contribution < -0.4 is 0 Å². The van der Waals surface area contributed by atoms with Crippen molar-refractivity contribution in [3.05, 3.63) is 25.3 Å². The molecule has 3 rings (SSSR count). The number of hydrogen-bond donors (Lipinski definition) is 1. The summed E-state index contributed by atoms with van der Waals surface area (Å²) >= 11 is 0. The highest BCUT2D eigenvalue weighted by Crippen LogP contribution is 2.63. The van der Waals surface area contributed by atoms with Crippen LogP contribution in [0.1, 0.15) is 59.8 Å². The number of aliphatic hydroxyl groups is 1. The van der Waals surface area contributed by atoms with Gasteiger partial charge in [-0.25, -0.2) is 0 Å². The zero-order valence-corrected chi connectivity index (χ0v) is 21.0. The molecular formula is C26H40N2O6. The largest absolute Gasteiger partial charge is 0.461 e. The molecule has 8 nitrogen and oxygen atoms in total.